The highest BCUT2D eigenvalue weighted by atomic mass is 79.9. The van der Waals surface area contributed by atoms with Crippen LogP contribution in [0.4, 0.5) is 0 Å². The van der Waals surface area contributed by atoms with Crippen LogP contribution in [-0.4, -0.2) is 29.9 Å². The summed E-state index contributed by atoms with van der Waals surface area (Å²) in [5.41, 5.74) is 2.71. The van der Waals surface area contributed by atoms with Crippen molar-refractivity contribution >= 4 is 31.9 Å². The molecule has 1 aromatic rings. The van der Waals surface area contributed by atoms with Gasteiger partial charge in [-0.25, -0.2) is 0 Å². The number of hydrogen-bond donors (Lipinski definition) is 0. The molecule has 2 nitrogen and oxygen atoms in total. The lowest BCUT2D eigenvalue weighted by Gasteiger charge is -2.18. The first-order chi connectivity index (χ1) is 9.26. The van der Waals surface area contributed by atoms with Gasteiger partial charge in [0.1, 0.15) is 5.75 Å². The molecular weight excluding hydrogens is 370 g/mol. The molecule has 4 heteroatoms. The van der Waals surface area contributed by atoms with Crippen LogP contribution in [-0.2, 0) is 13.0 Å². The van der Waals surface area contributed by atoms with Crippen molar-refractivity contribution in [1.29, 1.82) is 0 Å². The Labute approximate surface area is 131 Å². The molecule has 1 aromatic carbocycles. The van der Waals surface area contributed by atoms with Crippen LogP contribution >= 0.6 is 31.9 Å². The first-order valence-corrected chi connectivity index (χ1v) is 8.90. The van der Waals surface area contributed by atoms with E-state index in [-0.39, 0.29) is 0 Å². The molecule has 0 amide bonds. The second-order valence-electron chi connectivity index (χ2n) is 5.52. The number of alkyl halides is 1. The van der Waals surface area contributed by atoms with Crippen molar-refractivity contribution in [1.82, 2.24) is 4.90 Å². The lowest BCUT2D eigenvalue weighted by Crippen LogP contribution is -2.20. The van der Waals surface area contributed by atoms with Gasteiger partial charge in [0.15, 0.2) is 0 Å². The van der Waals surface area contributed by atoms with E-state index in [4.69, 9.17) is 4.74 Å². The monoisotopic (exact) mass is 387 g/mol. The Morgan fingerprint density at radius 2 is 2.26 bits per heavy atom. The molecule has 2 heterocycles. The zero-order chi connectivity index (χ0) is 13.2. The molecule has 1 fully saturated rings. The van der Waals surface area contributed by atoms with Crippen LogP contribution in [0.3, 0.4) is 0 Å². The van der Waals surface area contributed by atoms with Crippen molar-refractivity contribution in [3.63, 3.8) is 0 Å². The van der Waals surface area contributed by atoms with E-state index in [2.05, 4.69) is 48.9 Å². The fraction of sp³-hybridized carbons (Fsp3) is 0.600. The van der Waals surface area contributed by atoms with Gasteiger partial charge in [-0.3, -0.25) is 4.90 Å². The molecule has 1 saturated heterocycles. The van der Waals surface area contributed by atoms with E-state index >= 15 is 0 Å². The lowest BCUT2D eigenvalue weighted by molar-refractivity contribution is 0.302. The molecule has 0 N–H and O–H groups in total. The number of ether oxygens (including phenoxy) is 1. The fourth-order valence-corrected chi connectivity index (χ4v) is 4.35. The molecule has 104 valence electrons. The Balaban J connectivity index is 1.71. The average Bonchev–Trinajstić information content (AvgIpc) is 2.98. The van der Waals surface area contributed by atoms with E-state index in [0.29, 0.717) is 0 Å². The molecule has 0 saturated carbocycles. The minimum Gasteiger partial charge on any atom is -0.493 e. The minimum atomic E-state index is 0.838. The van der Waals surface area contributed by atoms with Crippen molar-refractivity contribution < 1.29 is 4.74 Å². The Hall–Kier alpha value is -0.0600. The molecule has 0 aromatic heterocycles. The predicted molar refractivity (Wildman–Crippen MR) is 85.1 cm³/mol. The van der Waals surface area contributed by atoms with Crippen LogP contribution in [0.5, 0.6) is 5.75 Å². The number of nitrogens with zero attached hydrogens (tertiary/aromatic N) is 1. The van der Waals surface area contributed by atoms with E-state index in [1.807, 2.05) is 0 Å². The van der Waals surface area contributed by atoms with Gasteiger partial charge in [0, 0.05) is 34.9 Å². The maximum Gasteiger partial charge on any atom is 0.127 e. The van der Waals surface area contributed by atoms with Crippen LogP contribution in [0.15, 0.2) is 16.6 Å². The SMILES string of the molecule is BrCCC1CCN(Cc2cc(Br)cc3c2OCC3)C1. The highest BCUT2D eigenvalue weighted by Gasteiger charge is 2.24. The van der Waals surface area contributed by atoms with E-state index in [9.17, 15) is 0 Å². The van der Waals surface area contributed by atoms with Gasteiger partial charge in [0.25, 0.3) is 0 Å². The zero-order valence-corrected chi connectivity index (χ0v) is 14.2. The number of halogens is 2. The fourth-order valence-electron chi connectivity index (χ4n) is 3.15. The number of likely N-dealkylation sites (tertiary alicyclic amines) is 1. The second kappa shape index (κ2) is 6.15. The van der Waals surface area contributed by atoms with Crippen molar-refractivity contribution in [2.45, 2.75) is 25.8 Å². The van der Waals surface area contributed by atoms with E-state index in [1.54, 1.807) is 0 Å². The zero-order valence-electron chi connectivity index (χ0n) is 11.0. The highest BCUT2D eigenvalue weighted by Crippen LogP contribution is 2.34. The van der Waals surface area contributed by atoms with Crippen molar-refractivity contribution in [2.75, 3.05) is 25.0 Å². The predicted octanol–water partition coefficient (Wildman–Crippen LogP) is 3.99. The standard InChI is InChI=1S/C15H19Br2NO/c16-4-1-11-2-5-18(9-11)10-13-8-14(17)7-12-3-6-19-15(12)13/h7-8,11H,1-6,9-10H2. The molecule has 3 rings (SSSR count). The summed E-state index contributed by atoms with van der Waals surface area (Å²) in [5.74, 6) is 2.01. The normalized spacial score (nSPS) is 22.5. The largest absolute Gasteiger partial charge is 0.493 e. The molecule has 0 radical (unpaired) electrons. The van der Waals surface area contributed by atoms with Crippen LogP contribution in [0.25, 0.3) is 0 Å². The molecule has 0 aliphatic carbocycles. The molecular formula is C15H19Br2NO. The quantitative estimate of drug-likeness (QED) is 0.723. The van der Waals surface area contributed by atoms with Crippen LogP contribution in [0.1, 0.15) is 24.0 Å². The molecule has 0 spiro atoms. The molecule has 19 heavy (non-hydrogen) atoms. The summed E-state index contributed by atoms with van der Waals surface area (Å²) in [6.07, 6.45) is 3.68. The summed E-state index contributed by atoms with van der Waals surface area (Å²) in [6, 6.07) is 4.42. The van der Waals surface area contributed by atoms with Gasteiger partial charge in [-0.15, -0.1) is 0 Å². The number of rotatable bonds is 4. The topological polar surface area (TPSA) is 12.5 Å². The summed E-state index contributed by atoms with van der Waals surface area (Å²) in [4.78, 5) is 2.57. The van der Waals surface area contributed by atoms with Crippen molar-refractivity contribution in [3.8, 4) is 5.75 Å². The Morgan fingerprint density at radius 3 is 3.11 bits per heavy atom. The molecule has 2 aliphatic rings. The first-order valence-electron chi connectivity index (χ1n) is 6.98. The maximum atomic E-state index is 5.81. The van der Waals surface area contributed by atoms with E-state index in [1.165, 1.54) is 41.5 Å². The molecule has 0 bridgehead atoms. The summed E-state index contributed by atoms with van der Waals surface area (Å²) in [7, 11) is 0. The number of benzene rings is 1. The van der Waals surface area contributed by atoms with Gasteiger partial charge in [0.2, 0.25) is 0 Å². The Bertz CT molecular complexity index is 464. The first kappa shape index (κ1) is 13.9. The summed E-state index contributed by atoms with van der Waals surface area (Å²) < 4.78 is 7.00. The van der Waals surface area contributed by atoms with Crippen molar-refractivity contribution in [2.24, 2.45) is 5.92 Å². The van der Waals surface area contributed by atoms with Gasteiger partial charge >= 0.3 is 0 Å². The minimum absolute atomic E-state index is 0.838. The molecule has 1 unspecified atom stereocenters. The third-order valence-corrected chi connectivity index (χ3v) is 5.02. The number of hydrogen-bond acceptors (Lipinski definition) is 2. The van der Waals surface area contributed by atoms with Crippen LogP contribution < -0.4 is 4.74 Å². The van der Waals surface area contributed by atoms with Crippen molar-refractivity contribution in [3.05, 3.63) is 27.7 Å². The molecule has 1 atom stereocenters. The average molecular weight is 389 g/mol. The second-order valence-corrected chi connectivity index (χ2v) is 7.23. The number of fused-ring (bicyclic) bond motifs is 1. The van der Waals surface area contributed by atoms with Gasteiger partial charge in [0.05, 0.1) is 6.61 Å². The molecule has 2 aliphatic heterocycles. The highest BCUT2D eigenvalue weighted by molar-refractivity contribution is 9.10. The lowest BCUT2D eigenvalue weighted by atomic mass is 10.1. The van der Waals surface area contributed by atoms with Gasteiger partial charge in [-0.2, -0.15) is 0 Å². The third kappa shape index (κ3) is 3.17. The summed E-state index contributed by atoms with van der Waals surface area (Å²) in [5, 5.41) is 1.13. The smallest absolute Gasteiger partial charge is 0.127 e. The van der Waals surface area contributed by atoms with Gasteiger partial charge in [-0.1, -0.05) is 31.9 Å². The van der Waals surface area contributed by atoms with Crippen LogP contribution in [0.2, 0.25) is 0 Å². The third-order valence-electron chi connectivity index (χ3n) is 4.11. The Kier molecular flexibility index (Phi) is 4.50. The Morgan fingerprint density at radius 1 is 1.37 bits per heavy atom. The summed E-state index contributed by atoms with van der Waals surface area (Å²) in [6.45, 7) is 4.32. The van der Waals surface area contributed by atoms with Gasteiger partial charge in [-0.05, 0) is 43.0 Å². The summed E-state index contributed by atoms with van der Waals surface area (Å²) >= 11 is 7.17. The van der Waals surface area contributed by atoms with E-state index < -0.39 is 0 Å². The van der Waals surface area contributed by atoms with E-state index in [0.717, 1.165) is 36.6 Å². The maximum absolute atomic E-state index is 5.81. The van der Waals surface area contributed by atoms with Gasteiger partial charge < -0.3 is 4.74 Å². The van der Waals surface area contributed by atoms with Crippen LogP contribution in [0, 0.1) is 5.92 Å².